The van der Waals surface area contributed by atoms with Crippen LogP contribution in [0.15, 0.2) is 24.3 Å². The van der Waals surface area contributed by atoms with Crippen LogP contribution < -0.4 is 0 Å². The van der Waals surface area contributed by atoms with Gasteiger partial charge in [0.15, 0.2) is 0 Å². The third kappa shape index (κ3) is 2.50. The average molecular weight is 206 g/mol. The van der Waals surface area contributed by atoms with Crippen LogP contribution in [0, 0.1) is 5.41 Å². The van der Waals surface area contributed by atoms with E-state index in [4.69, 9.17) is 0 Å². The second-order valence-corrected chi connectivity index (χ2v) is 4.13. The van der Waals surface area contributed by atoms with Gasteiger partial charge in [0.25, 0.3) is 0 Å². The molecule has 0 heterocycles. The second kappa shape index (κ2) is 4.36. The van der Waals surface area contributed by atoms with Crippen LogP contribution in [0.3, 0.4) is 0 Å². The van der Waals surface area contributed by atoms with Gasteiger partial charge in [-0.1, -0.05) is 38.1 Å². The van der Waals surface area contributed by atoms with Crippen molar-refractivity contribution in [2.45, 2.75) is 20.0 Å². The summed E-state index contributed by atoms with van der Waals surface area (Å²) in [5.41, 5.74) is 0.371. The fourth-order valence-corrected chi connectivity index (χ4v) is 1.25. The van der Waals surface area contributed by atoms with Gasteiger partial charge >= 0.3 is 0 Å². The van der Waals surface area contributed by atoms with Gasteiger partial charge in [-0.25, -0.2) is 0 Å². The standard InChI is InChI=1S/C12H14O3/c1-12(2,8-14)11(15)10-5-3-9(7-13)4-6-10/h3-8,11,15H,1-2H3. The second-order valence-electron chi connectivity index (χ2n) is 4.13. The Hall–Kier alpha value is -1.48. The lowest BCUT2D eigenvalue weighted by molar-refractivity contribution is -0.120. The Balaban J connectivity index is 2.96. The van der Waals surface area contributed by atoms with Gasteiger partial charge in [-0.3, -0.25) is 4.79 Å². The SMILES string of the molecule is CC(C)(C=O)C(O)c1ccc(C=O)cc1. The maximum Gasteiger partial charge on any atom is 0.150 e. The van der Waals surface area contributed by atoms with E-state index in [0.29, 0.717) is 11.1 Å². The molecule has 0 bridgehead atoms. The lowest BCUT2D eigenvalue weighted by Crippen LogP contribution is -2.23. The highest BCUT2D eigenvalue weighted by atomic mass is 16.3. The van der Waals surface area contributed by atoms with Gasteiger partial charge in [-0.15, -0.1) is 0 Å². The molecule has 0 aliphatic rings. The fraction of sp³-hybridized carbons (Fsp3) is 0.333. The first-order chi connectivity index (χ1) is 7.01. The maximum atomic E-state index is 10.7. The summed E-state index contributed by atoms with van der Waals surface area (Å²) in [5.74, 6) is 0. The quantitative estimate of drug-likeness (QED) is 0.764. The van der Waals surface area contributed by atoms with Gasteiger partial charge in [0.05, 0.1) is 11.5 Å². The molecule has 0 saturated carbocycles. The van der Waals surface area contributed by atoms with Crippen molar-refractivity contribution in [1.82, 2.24) is 0 Å². The van der Waals surface area contributed by atoms with Crippen molar-refractivity contribution in [3.8, 4) is 0 Å². The lowest BCUT2D eigenvalue weighted by atomic mass is 9.84. The molecule has 1 N–H and O–H groups in total. The summed E-state index contributed by atoms with van der Waals surface area (Å²) in [6.45, 7) is 3.33. The predicted molar refractivity (Wildman–Crippen MR) is 56.6 cm³/mol. The summed E-state index contributed by atoms with van der Waals surface area (Å²) in [6.07, 6.45) is 0.613. The Kier molecular flexibility index (Phi) is 3.37. The molecule has 0 radical (unpaired) electrons. The number of hydrogen-bond acceptors (Lipinski definition) is 3. The number of rotatable bonds is 4. The van der Waals surface area contributed by atoms with E-state index in [1.807, 2.05) is 0 Å². The van der Waals surface area contributed by atoms with Gasteiger partial charge < -0.3 is 9.90 Å². The van der Waals surface area contributed by atoms with E-state index in [-0.39, 0.29) is 0 Å². The topological polar surface area (TPSA) is 54.4 Å². The van der Waals surface area contributed by atoms with E-state index < -0.39 is 11.5 Å². The van der Waals surface area contributed by atoms with E-state index in [1.165, 1.54) is 0 Å². The number of hydrogen-bond donors (Lipinski definition) is 1. The largest absolute Gasteiger partial charge is 0.387 e. The van der Waals surface area contributed by atoms with Crippen LogP contribution in [-0.2, 0) is 4.79 Å². The highest BCUT2D eigenvalue weighted by molar-refractivity contribution is 5.74. The van der Waals surface area contributed by atoms with Gasteiger partial charge in [0.1, 0.15) is 12.6 Å². The van der Waals surface area contributed by atoms with Crippen molar-refractivity contribution in [2.24, 2.45) is 5.41 Å². The molecule has 3 heteroatoms. The highest BCUT2D eigenvalue weighted by Gasteiger charge is 2.28. The molecule has 15 heavy (non-hydrogen) atoms. The molecule has 1 rings (SSSR count). The molecule has 0 aromatic heterocycles. The minimum absolute atomic E-state index is 0.551. The first kappa shape index (κ1) is 11.6. The molecule has 1 aromatic rings. The number of carbonyl (C=O) groups excluding carboxylic acids is 2. The molecule has 80 valence electrons. The van der Waals surface area contributed by atoms with Crippen molar-refractivity contribution < 1.29 is 14.7 Å². The third-order valence-electron chi connectivity index (χ3n) is 2.40. The first-order valence-corrected chi connectivity index (χ1v) is 4.71. The van der Waals surface area contributed by atoms with Crippen molar-refractivity contribution in [3.63, 3.8) is 0 Å². The zero-order valence-electron chi connectivity index (χ0n) is 8.81. The van der Waals surface area contributed by atoms with E-state index in [9.17, 15) is 14.7 Å². The molecule has 0 spiro atoms. The monoisotopic (exact) mass is 206 g/mol. The van der Waals surface area contributed by atoms with Crippen LogP contribution in [-0.4, -0.2) is 17.7 Å². The van der Waals surface area contributed by atoms with Crippen molar-refractivity contribution >= 4 is 12.6 Å². The number of aldehydes is 2. The summed E-state index contributed by atoms with van der Waals surface area (Å²) in [5, 5.41) is 9.89. The Bertz CT molecular complexity index is 352. The molecule has 1 atom stereocenters. The molecule has 0 aliphatic carbocycles. The van der Waals surface area contributed by atoms with Crippen LogP contribution >= 0.6 is 0 Å². The smallest absolute Gasteiger partial charge is 0.150 e. The fourth-order valence-electron chi connectivity index (χ4n) is 1.25. The summed E-state index contributed by atoms with van der Waals surface area (Å²) in [7, 11) is 0. The van der Waals surface area contributed by atoms with Crippen molar-refractivity contribution in [1.29, 1.82) is 0 Å². The molecule has 3 nitrogen and oxygen atoms in total. The summed E-state index contributed by atoms with van der Waals surface area (Å²) < 4.78 is 0. The van der Waals surface area contributed by atoms with Gasteiger partial charge in [0.2, 0.25) is 0 Å². The van der Waals surface area contributed by atoms with Crippen LogP contribution in [0.25, 0.3) is 0 Å². The molecule has 0 saturated heterocycles. The van der Waals surface area contributed by atoms with E-state index >= 15 is 0 Å². The molecule has 0 amide bonds. The Morgan fingerprint density at radius 3 is 2.13 bits per heavy atom. The molecule has 1 aromatic carbocycles. The van der Waals surface area contributed by atoms with Crippen LogP contribution in [0.1, 0.15) is 35.9 Å². The van der Waals surface area contributed by atoms with E-state index in [2.05, 4.69) is 0 Å². The van der Waals surface area contributed by atoms with Crippen LogP contribution in [0.4, 0.5) is 0 Å². The normalized spacial score (nSPS) is 13.3. The van der Waals surface area contributed by atoms with E-state index in [0.717, 1.165) is 12.6 Å². The summed E-state index contributed by atoms with van der Waals surface area (Å²) in [6, 6.07) is 6.54. The molecule has 0 aliphatic heterocycles. The Morgan fingerprint density at radius 2 is 1.73 bits per heavy atom. The molecular weight excluding hydrogens is 192 g/mol. The highest BCUT2D eigenvalue weighted by Crippen LogP contribution is 2.30. The Labute approximate surface area is 88.7 Å². The first-order valence-electron chi connectivity index (χ1n) is 4.71. The molecule has 1 unspecified atom stereocenters. The number of aliphatic hydroxyl groups excluding tert-OH is 1. The zero-order chi connectivity index (χ0) is 11.5. The van der Waals surface area contributed by atoms with Crippen molar-refractivity contribution in [3.05, 3.63) is 35.4 Å². The predicted octanol–water partition coefficient (Wildman–Crippen LogP) is 1.76. The van der Waals surface area contributed by atoms with Crippen LogP contribution in [0.5, 0.6) is 0 Å². The van der Waals surface area contributed by atoms with Gasteiger partial charge in [-0.05, 0) is 5.56 Å². The molecular formula is C12H14O3. The minimum atomic E-state index is -0.851. The number of carbonyl (C=O) groups is 2. The maximum absolute atomic E-state index is 10.7. The third-order valence-corrected chi connectivity index (χ3v) is 2.40. The summed E-state index contributed by atoms with van der Waals surface area (Å²) >= 11 is 0. The van der Waals surface area contributed by atoms with E-state index in [1.54, 1.807) is 38.1 Å². The van der Waals surface area contributed by atoms with Crippen molar-refractivity contribution in [2.75, 3.05) is 0 Å². The molecule has 0 fully saturated rings. The lowest BCUT2D eigenvalue weighted by Gasteiger charge is -2.24. The summed E-state index contributed by atoms with van der Waals surface area (Å²) in [4.78, 5) is 21.2. The number of aliphatic hydroxyl groups is 1. The number of benzene rings is 1. The zero-order valence-corrected chi connectivity index (χ0v) is 8.81. The van der Waals surface area contributed by atoms with Crippen LogP contribution in [0.2, 0.25) is 0 Å². The minimum Gasteiger partial charge on any atom is -0.387 e. The van der Waals surface area contributed by atoms with Gasteiger partial charge in [-0.2, -0.15) is 0 Å². The Morgan fingerprint density at radius 1 is 1.20 bits per heavy atom. The average Bonchev–Trinajstić information content (AvgIpc) is 2.28. The van der Waals surface area contributed by atoms with Gasteiger partial charge in [0, 0.05) is 5.56 Å².